The number of ether oxygens (including phenoxy) is 3. The van der Waals surface area contributed by atoms with E-state index in [-0.39, 0.29) is 25.0 Å². The maximum Gasteiger partial charge on any atom is 0.472 e. The molecule has 54 heavy (non-hydrogen) atoms. The summed E-state index contributed by atoms with van der Waals surface area (Å²) in [6.45, 7) is 3.83. The Morgan fingerprint density at radius 3 is 1.94 bits per heavy atom. The first kappa shape index (κ1) is 50.3. The van der Waals surface area contributed by atoms with E-state index in [2.05, 4.69) is 54.1 Å². The van der Waals surface area contributed by atoms with Crippen LogP contribution in [0.25, 0.3) is 0 Å². The molecular weight excluding hydrogens is 742 g/mol. The standard InChI is InChI=1S/C38H68O14P2/c1-4-5-6-7-8-9-10-14-19-24-35-36(52-35)25-20-16-17-22-27-38(41)51-34(30-47-37(40)26-21-15-12-11-13-18-23-32(2)3)31-50-54(45,46)49-29-33(39)28-48-53(42,43)44/h8-9,14,16,19-20,32-36,39H,4-7,10-13,15,17-18,21-31H2,1-3H3,(H,45,46)(H2,42,43,44)/b9-8-,19-14-,20-16-/t33-,34+,35?,36?/m0/s1. The molecule has 0 aromatic rings. The van der Waals surface area contributed by atoms with E-state index in [1.807, 2.05) is 12.2 Å². The monoisotopic (exact) mass is 810 g/mol. The highest BCUT2D eigenvalue weighted by molar-refractivity contribution is 7.47. The number of allylic oxidation sites excluding steroid dienone is 4. The summed E-state index contributed by atoms with van der Waals surface area (Å²) in [5.74, 6) is -0.418. The van der Waals surface area contributed by atoms with Crippen LogP contribution >= 0.6 is 15.6 Å². The summed E-state index contributed by atoms with van der Waals surface area (Å²) >= 11 is 0. The molecular formula is C38H68O14P2. The number of hydrogen-bond acceptors (Lipinski definition) is 11. The lowest BCUT2D eigenvalue weighted by molar-refractivity contribution is -0.161. The Bertz CT molecular complexity index is 1180. The molecule has 1 heterocycles. The van der Waals surface area contributed by atoms with Crippen LogP contribution in [0.3, 0.4) is 0 Å². The average molecular weight is 811 g/mol. The highest BCUT2D eigenvalue weighted by atomic mass is 31.2. The van der Waals surface area contributed by atoms with Crippen molar-refractivity contribution in [3.05, 3.63) is 36.5 Å². The molecule has 1 saturated heterocycles. The number of rotatable bonds is 35. The normalized spacial score (nSPS) is 18.4. The molecule has 0 amide bonds. The fourth-order valence-corrected chi connectivity index (χ4v) is 6.37. The molecule has 16 heteroatoms. The van der Waals surface area contributed by atoms with Crippen molar-refractivity contribution < 1.29 is 66.3 Å². The molecule has 0 saturated carbocycles. The molecule has 4 N–H and O–H groups in total. The van der Waals surface area contributed by atoms with Crippen molar-refractivity contribution in [3.8, 4) is 0 Å². The average Bonchev–Trinajstić information content (AvgIpc) is 3.86. The predicted molar refractivity (Wildman–Crippen MR) is 206 cm³/mol. The number of unbranched alkanes of at least 4 members (excludes halogenated alkanes) is 9. The van der Waals surface area contributed by atoms with Crippen molar-refractivity contribution in [2.45, 2.75) is 161 Å². The second-order valence-electron chi connectivity index (χ2n) is 14.1. The van der Waals surface area contributed by atoms with Crippen LogP contribution in [0.15, 0.2) is 36.5 Å². The number of aliphatic hydroxyl groups is 1. The SMILES string of the molecule is CCCCC/C=C\C/C=C\CC1OC1C/C=C\CCCC(=O)O[C@H](COC(=O)CCCCCCCCC(C)C)COP(=O)(O)OC[C@@H](O)COP(=O)(O)O. The minimum Gasteiger partial charge on any atom is -0.462 e. The van der Waals surface area contributed by atoms with Crippen LogP contribution in [-0.2, 0) is 46.5 Å². The number of hydrogen-bond donors (Lipinski definition) is 4. The number of aliphatic hydroxyl groups excluding tert-OH is 1. The lowest BCUT2D eigenvalue weighted by Gasteiger charge is -2.20. The minimum absolute atomic E-state index is 0.0470. The second kappa shape index (κ2) is 30.4. The van der Waals surface area contributed by atoms with Gasteiger partial charge < -0.3 is 34.0 Å². The largest absolute Gasteiger partial charge is 0.472 e. The Hall–Kier alpha value is -1.70. The van der Waals surface area contributed by atoms with Gasteiger partial charge in [0.1, 0.15) is 12.7 Å². The lowest BCUT2D eigenvalue weighted by atomic mass is 10.0. The molecule has 0 bridgehead atoms. The predicted octanol–water partition coefficient (Wildman–Crippen LogP) is 8.18. The molecule has 0 spiro atoms. The number of carbonyl (C=O) groups excluding carboxylic acids is 2. The third-order valence-electron chi connectivity index (χ3n) is 8.35. The van der Waals surface area contributed by atoms with E-state index in [4.69, 9.17) is 28.5 Å². The van der Waals surface area contributed by atoms with Gasteiger partial charge in [-0.05, 0) is 57.3 Å². The van der Waals surface area contributed by atoms with Gasteiger partial charge in [-0.15, -0.1) is 0 Å². The third kappa shape index (κ3) is 31.5. The zero-order chi connectivity index (χ0) is 40.1. The van der Waals surface area contributed by atoms with Gasteiger partial charge in [-0.3, -0.25) is 23.2 Å². The smallest absolute Gasteiger partial charge is 0.462 e. The second-order valence-corrected chi connectivity index (χ2v) is 16.8. The van der Waals surface area contributed by atoms with E-state index in [1.54, 1.807) is 0 Å². The first-order chi connectivity index (χ1) is 25.7. The maximum atomic E-state index is 12.6. The summed E-state index contributed by atoms with van der Waals surface area (Å²) in [5, 5.41) is 9.71. The number of phosphoric acid groups is 2. The molecule has 1 rings (SSSR count). The van der Waals surface area contributed by atoms with Crippen LogP contribution < -0.4 is 0 Å². The summed E-state index contributed by atoms with van der Waals surface area (Å²) in [6.07, 6.45) is 26.4. The molecule has 1 aliphatic heterocycles. The van der Waals surface area contributed by atoms with E-state index in [0.29, 0.717) is 25.2 Å². The Labute approximate surface area is 322 Å². The van der Waals surface area contributed by atoms with Gasteiger partial charge in [-0.1, -0.05) is 109 Å². The number of esters is 2. The fraction of sp³-hybridized carbons (Fsp3) is 0.789. The van der Waals surface area contributed by atoms with Crippen molar-refractivity contribution in [3.63, 3.8) is 0 Å². The number of carbonyl (C=O) groups is 2. The van der Waals surface area contributed by atoms with E-state index < -0.39 is 66.2 Å². The molecule has 1 aliphatic rings. The van der Waals surface area contributed by atoms with E-state index in [9.17, 15) is 28.7 Å². The zero-order valence-corrected chi connectivity index (χ0v) is 34.5. The molecule has 0 radical (unpaired) electrons. The summed E-state index contributed by atoms with van der Waals surface area (Å²) in [4.78, 5) is 52.5. The van der Waals surface area contributed by atoms with Crippen LogP contribution in [-0.4, -0.2) is 82.6 Å². The van der Waals surface area contributed by atoms with Crippen molar-refractivity contribution in [2.24, 2.45) is 5.92 Å². The van der Waals surface area contributed by atoms with E-state index in [0.717, 1.165) is 51.4 Å². The van der Waals surface area contributed by atoms with Crippen LogP contribution in [0.2, 0.25) is 0 Å². The Kier molecular flexibility index (Phi) is 28.4. The Morgan fingerprint density at radius 2 is 1.26 bits per heavy atom. The highest BCUT2D eigenvalue weighted by Crippen LogP contribution is 2.43. The van der Waals surface area contributed by atoms with Gasteiger partial charge in [0.05, 0.1) is 32.0 Å². The first-order valence-electron chi connectivity index (χ1n) is 19.7. The number of phosphoric ester groups is 2. The van der Waals surface area contributed by atoms with Gasteiger partial charge >= 0.3 is 27.6 Å². The number of epoxide rings is 1. The molecule has 14 nitrogen and oxygen atoms in total. The van der Waals surface area contributed by atoms with Crippen LogP contribution in [0, 0.1) is 5.92 Å². The van der Waals surface area contributed by atoms with E-state index >= 15 is 0 Å². The van der Waals surface area contributed by atoms with Crippen LogP contribution in [0.5, 0.6) is 0 Å². The minimum atomic E-state index is -4.87. The van der Waals surface area contributed by atoms with Gasteiger partial charge in [-0.25, -0.2) is 9.13 Å². The van der Waals surface area contributed by atoms with Crippen LogP contribution in [0.4, 0.5) is 0 Å². The Morgan fingerprint density at radius 1 is 0.685 bits per heavy atom. The summed E-state index contributed by atoms with van der Waals surface area (Å²) in [5.41, 5.74) is 0. The molecule has 1 fully saturated rings. The maximum absolute atomic E-state index is 12.6. The summed E-state index contributed by atoms with van der Waals surface area (Å²) < 4.78 is 53.3. The van der Waals surface area contributed by atoms with Crippen molar-refractivity contribution in [1.29, 1.82) is 0 Å². The van der Waals surface area contributed by atoms with Gasteiger partial charge in [0.25, 0.3) is 0 Å². The van der Waals surface area contributed by atoms with Crippen molar-refractivity contribution in [2.75, 3.05) is 26.4 Å². The van der Waals surface area contributed by atoms with E-state index in [1.165, 1.54) is 32.1 Å². The third-order valence-corrected chi connectivity index (χ3v) is 9.79. The molecule has 0 aromatic carbocycles. The van der Waals surface area contributed by atoms with Gasteiger partial charge in [0.2, 0.25) is 0 Å². The van der Waals surface area contributed by atoms with Gasteiger partial charge in [0, 0.05) is 12.8 Å². The molecule has 5 atom stereocenters. The molecule has 0 aliphatic carbocycles. The van der Waals surface area contributed by atoms with Crippen molar-refractivity contribution >= 4 is 27.6 Å². The zero-order valence-electron chi connectivity index (χ0n) is 32.7. The first-order valence-corrected chi connectivity index (χ1v) is 22.7. The molecule has 0 aromatic heterocycles. The Balaban J connectivity index is 2.44. The van der Waals surface area contributed by atoms with Gasteiger partial charge in [-0.2, -0.15) is 0 Å². The van der Waals surface area contributed by atoms with Crippen molar-refractivity contribution in [1.82, 2.24) is 0 Å². The topological polar surface area (TPSA) is 208 Å². The quantitative estimate of drug-likeness (QED) is 0.0157. The summed E-state index contributed by atoms with van der Waals surface area (Å²) in [7, 11) is -9.69. The van der Waals surface area contributed by atoms with Crippen LogP contribution in [0.1, 0.15) is 136 Å². The van der Waals surface area contributed by atoms with Gasteiger partial charge in [0.15, 0.2) is 6.10 Å². The molecule has 314 valence electrons. The molecule has 3 unspecified atom stereocenters. The fourth-order valence-electron chi connectivity index (χ4n) is 5.21. The summed E-state index contributed by atoms with van der Waals surface area (Å²) in [6, 6.07) is 0. The highest BCUT2D eigenvalue weighted by Gasteiger charge is 2.36. The lowest BCUT2D eigenvalue weighted by Crippen LogP contribution is -2.29.